The molecule has 0 spiro atoms. The number of aliphatic carboxylic acids is 1. The molecule has 0 bridgehead atoms. The predicted molar refractivity (Wildman–Crippen MR) is 263 cm³/mol. The number of carboxylic acids is 1. The molecule has 0 aliphatic carbocycles. The molecule has 0 saturated carbocycles. The number of esters is 1. The molecule has 0 aromatic heterocycles. The van der Waals surface area contributed by atoms with E-state index in [4.69, 9.17) is 13.8 Å². The topological polar surface area (TPSA) is 169 Å². The Labute approximate surface area is 392 Å². The zero-order valence-corrected chi connectivity index (χ0v) is 42.3. The number of allylic oxidation sites excluding steroid dienone is 2. The van der Waals surface area contributed by atoms with Crippen LogP contribution in [0.2, 0.25) is 0 Å². The number of amides is 1. The van der Waals surface area contributed by atoms with Gasteiger partial charge >= 0.3 is 19.8 Å². The summed E-state index contributed by atoms with van der Waals surface area (Å²) in [6.45, 7) is 2.64. The van der Waals surface area contributed by atoms with Crippen LogP contribution < -0.4 is 5.32 Å². The third-order valence-electron chi connectivity index (χ3n) is 12.1. The highest BCUT2D eigenvalue weighted by Crippen LogP contribution is 2.43. The maximum absolute atomic E-state index is 12.4. The largest absolute Gasteiger partial charge is 0.480 e. The van der Waals surface area contributed by atoms with Gasteiger partial charge in [0, 0.05) is 12.8 Å². The maximum atomic E-state index is 12.4. The minimum Gasteiger partial charge on any atom is -0.480 e. The van der Waals surface area contributed by atoms with Crippen molar-refractivity contribution < 1.29 is 47.8 Å². The van der Waals surface area contributed by atoms with Crippen molar-refractivity contribution >= 4 is 25.7 Å². The van der Waals surface area contributed by atoms with Crippen LogP contribution in [0.25, 0.3) is 0 Å². The third kappa shape index (κ3) is 46.7. The zero-order chi connectivity index (χ0) is 47.0. The van der Waals surface area contributed by atoms with Gasteiger partial charge in [-0.25, -0.2) is 9.36 Å². The molecule has 4 N–H and O–H groups in total. The second-order valence-electron chi connectivity index (χ2n) is 18.4. The Morgan fingerprint density at radius 3 is 1.19 bits per heavy atom. The minimum atomic E-state index is -4.76. The van der Waals surface area contributed by atoms with Crippen LogP contribution in [0.5, 0.6) is 0 Å². The Bertz CT molecular complexity index is 1140. The van der Waals surface area contributed by atoms with Gasteiger partial charge in [-0.3, -0.25) is 18.6 Å². The van der Waals surface area contributed by atoms with Crippen LogP contribution in [-0.4, -0.2) is 64.9 Å². The van der Waals surface area contributed by atoms with Gasteiger partial charge in [0.2, 0.25) is 5.91 Å². The summed E-state index contributed by atoms with van der Waals surface area (Å²) in [7, 11) is -4.76. The van der Waals surface area contributed by atoms with Crippen LogP contribution in [0.4, 0.5) is 0 Å². The van der Waals surface area contributed by atoms with E-state index in [0.29, 0.717) is 12.8 Å². The molecule has 0 aliphatic rings. The molecule has 0 aromatic carbocycles. The first-order valence-electron chi connectivity index (χ1n) is 26.7. The Morgan fingerprint density at radius 2 is 0.812 bits per heavy atom. The number of hydrogen-bond donors (Lipinski definition) is 4. The van der Waals surface area contributed by atoms with Crippen molar-refractivity contribution in [1.29, 1.82) is 0 Å². The van der Waals surface area contributed by atoms with E-state index in [0.717, 1.165) is 57.8 Å². The van der Waals surface area contributed by atoms with Crippen molar-refractivity contribution in [3.05, 3.63) is 12.2 Å². The van der Waals surface area contributed by atoms with E-state index in [1.807, 2.05) is 0 Å². The number of ether oxygens (including phenoxy) is 1. The van der Waals surface area contributed by atoms with Crippen molar-refractivity contribution in [1.82, 2.24) is 5.32 Å². The zero-order valence-electron chi connectivity index (χ0n) is 41.4. The number of phosphoric ester groups is 1. The third-order valence-corrected chi connectivity index (χ3v) is 13.0. The fourth-order valence-corrected chi connectivity index (χ4v) is 8.67. The fourth-order valence-electron chi connectivity index (χ4n) is 7.90. The van der Waals surface area contributed by atoms with Crippen molar-refractivity contribution in [2.75, 3.05) is 19.8 Å². The van der Waals surface area contributed by atoms with Gasteiger partial charge in [0.25, 0.3) is 0 Å². The number of carbonyl (C=O) groups is 3. The molecule has 64 heavy (non-hydrogen) atoms. The lowest BCUT2D eigenvalue weighted by Crippen LogP contribution is -2.43. The van der Waals surface area contributed by atoms with E-state index >= 15 is 0 Å². The second kappa shape index (κ2) is 47.7. The Hall–Kier alpha value is -1.78. The highest BCUT2D eigenvalue weighted by molar-refractivity contribution is 7.47. The maximum Gasteiger partial charge on any atom is 0.472 e. The SMILES string of the molecule is CCCCCCCCC/C=C\CCCCCCCC(=O)OCC(O)COP(=O)(O)OCC(NC(=O)CCCCCCCCCCCCCCCCCCCCCCCCCC)C(=O)O. The molecule has 3 unspecified atom stereocenters. The van der Waals surface area contributed by atoms with E-state index in [-0.39, 0.29) is 12.8 Å². The van der Waals surface area contributed by atoms with Gasteiger partial charge in [0.1, 0.15) is 12.7 Å². The van der Waals surface area contributed by atoms with Crippen molar-refractivity contribution in [2.24, 2.45) is 0 Å². The quantitative estimate of drug-likeness (QED) is 0.0199. The first-order valence-corrected chi connectivity index (χ1v) is 28.2. The molecule has 0 rings (SSSR count). The minimum absolute atomic E-state index is 0.151. The van der Waals surface area contributed by atoms with E-state index < -0.39 is 57.6 Å². The number of carbonyl (C=O) groups excluding carboxylic acids is 2. The molecular weight excluding hydrogens is 830 g/mol. The van der Waals surface area contributed by atoms with Crippen molar-refractivity contribution in [3.8, 4) is 0 Å². The highest BCUT2D eigenvalue weighted by atomic mass is 31.2. The molecule has 12 heteroatoms. The van der Waals surface area contributed by atoms with Gasteiger partial charge in [0.15, 0.2) is 6.04 Å². The monoisotopic (exact) mass is 930 g/mol. The number of carboxylic acid groups (broad SMARTS) is 1. The number of unbranched alkanes of at least 4 members (excludes halogenated alkanes) is 35. The summed E-state index contributed by atoms with van der Waals surface area (Å²) in [6.07, 6.45) is 51.0. The molecule has 0 saturated heterocycles. The summed E-state index contributed by atoms with van der Waals surface area (Å²) >= 11 is 0. The fraction of sp³-hybridized carbons (Fsp3) is 0.904. The van der Waals surface area contributed by atoms with Crippen LogP contribution in [0, 0.1) is 0 Å². The Kier molecular flexibility index (Phi) is 46.4. The molecular formula is C52H100NO10P. The molecule has 11 nitrogen and oxygen atoms in total. The van der Waals surface area contributed by atoms with Crippen molar-refractivity contribution in [3.63, 3.8) is 0 Å². The van der Waals surface area contributed by atoms with E-state index in [1.165, 1.54) is 173 Å². The number of hydrogen-bond acceptors (Lipinski definition) is 8. The van der Waals surface area contributed by atoms with Crippen molar-refractivity contribution in [2.45, 2.75) is 283 Å². The summed E-state index contributed by atoms with van der Waals surface area (Å²) in [5.74, 6) is -2.36. The lowest BCUT2D eigenvalue weighted by atomic mass is 10.0. The van der Waals surface area contributed by atoms with E-state index in [1.54, 1.807) is 0 Å². The summed E-state index contributed by atoms with van der Waals surface area (Å²) in [6, 6.07) is -1.54. The average molecular weight is 930 g/mol. The second-order valence-corrected chi connectivity index (χ2v) is 19.9. The van der Waals surface area contributed by atoms with E-state index in [2.05, 4.69) is 31.3 Å². The predicted octanol–water partition coefficient (Wildman–Crippen LogP) is 14.8. The normalized spacial score (nSPS) is 13.6. The molecule has 1 amide bonds. The number of phosphoric acid groups is 1. The smallest absolute Gasteiger partial charge is 0.472 e. The number of rotatable bonds is 51. The molecule has 378 valence electrons. The first kappa shape index (κ1) is 62.2. The van der Waals surface area contributed by atoms with Crippen LogP contribution in [0.15, 0.2) is 12.2 Å². The summed E-state index contributed by atoms with van der Waals surface area (Å²) in [4.78, 5) is 46.1. The average Bonchev–Trinajstić information content (AvgIpc) is 3.27. The van der Waals surface area contributed by atoms with Crippen LogP contribution in [0.1, 0.15) is 271 Å². The van der Waals surface area contributed by atoms with Gasteiger partial charge < -0.3 is 25.2 Å². The summed E-state index contributed by atoms with van der Waals surface area (Å²) in [5, 5.41) is 21.9. The lowest BCUT2D eigenvalue weighted by Gasteiger charge is -2.18. The van der Waals surface area contributed by atoms with Crippen LogP contribution >= 0.6 is 7.82 Å². The number of aliphatic hydroxyl groups is 1. The molecule has 0 fully saturated rings. The summed E-state index contributed by atoms with van der Waals surface area (Å²) in [5.41, 5.74) is 0. The van der Waals surface area contributed by atoms with Gasteiger partial charge in [-0.1, -0.05) is 231 Å². The molecule has 0 radical (unpaired) electrons. The van der Waals surface area contributed by atoms with Crippen LogP contribution in [-0.2, 0) is 32.7 Å². The van der Waals surface area contributed by atoms with Gasteiger partial charge in [-0.05, 0) is 38.5 Å². The number of nitrogens with one attached hydrogen (secondary N) is 1. The molecule has 3 atom stereocenters. The van der Waals surface area contributed by atoms with E-state index in [9.17, 15) is 34.1 Å². The van der Waals surface area contributed by atoms with Gasteiger partial charge in [0.05, 0.1) is 13.2 Å². The van der Waals surface area contributed by atoms with Gasteiger partial charge in [-0.15, -0.1) is 0 Å². The van der Waals surface area contributed by atoms with Crippen LogP contribution in [0.3, 0.4) is 0 Å². The number of aliphatic hydroxyl groups excluding tert-OH is 1. The lowest BCUT2D eigenvalue weighted by molar-refractivity contribution is -0.147. The Balaban J connectivity index is 3.77. The standard InChI is InChI=1S/C52H100NO10P/c1-3-5-7-9-11-13-15-17-19-21-22-23-24-25-26-27-28-29-31-33-35-37-39-41-43-50(55)53-49(52(57)58)47-63-64(59,60)62-46-48(54)45-61-51(56)44-42-40-38-36-34-32-30-20-18-16-14-12-10-8-6-4-2/h20,30,48-49,54H,3-19,21-29,31-47H2,1-2H3,(H,53,55)(H,57,58)(H,59,60)/b30-20-. The molecule has 0 heterocycles. The molecule has 0 aromatic rings. The van der Waals surface area contributed by atoms with Gasteiger partial charge in [-0.2, -0.15) is 0 Å². The summed E-state index contributed by atoms with van der Waals surface area (Å²) < 4.78 is 26.9. The first-order chi connectivity index (χ1) is 31.1. The Morgan fingerprint density at radius 1 is 0.484 bits per heavy atom. The molecule has 0 aliphatic heterocycles. The highest BCUT2D eigenvalue weighted by Gasteiger charge is 2.28.